The lowest BCUT2D eigenvalue weighted by Gasteiger charge is -2.13. The number of aromatic carboxylic acids is 2. The molecule has 1 aromatic carbocycles. The predicted molar refractivity (Wildman–Crippen MR) is 88.6 cm³/mol. The summed E-state index contributed by atoms with van der Waals surface area (Å²) in [7, 11) is 0. The third-order valence-electron chi connectivity index (χ3n) is 2.87. The molecule has 9 heteroatoms. The van der Waals surface area contributed by atoms with Crippen molar-refractivity contribution in [1.29, 1.82) is 0 Å². The molecule has 1 heterocycles. The maximum Gasteiger partial charge on any atom is 0.342 e. The monoisotopic (exact) mass is 434 g/mol. The van der Waals surface area contributed by atoms with Crippen LogP contribution in [-0.4, -0.2) is 27.1 Å². The second kappa shape index (κ2) is 5.97. The van der Waals surface area contributed by atoms with E-state index < -0.39 is 34.4 Å². The van der Waals surface area contributed by atoms with Crippen LogP contribution in [0.25, 0.3) is 11.1 Å². The van der Waals surface area contributed by atoms with Gasteiger partial charge in [0.25, 0.3) is 5.56 Å². The Kier molecular flexibility index (Phi) is 4.42. The van der Waals surface area contributed by atoms with E-state index in [1.807, 2.05) is 27.6 Å². The Labute approximate surface area is 141 Å². The molecule has 2 rings (SSSR count). The first kappa shape index (κ1) is 16.3. The summed E-state index contributed by atoms with van der Waals surface area (Å²) in [6, 6.07) is 4.57. The zero-order valence-electron chi connectivity index (χ0n) is 10.7. The van der Waals surface area contributed by atoms with Gasteiger partial charge in [0.05, 0.1) is 0 Å². The summed E-state index contributed by atoms with van der Waals surface area (Å²) in [4.78, 5) is 36.7. The fourth-order valence-corrected chi connectivity index (χ4v) is 2.96. The SMILES string of the molecule is Nc1[nH]c(=O)c(C(=O)O)c(-c2ccc(I)cc2Cl)c1C(=O)O. The molecule has 1 aromatic heterocycles. The van der Waals surface area contributed by atoms with Gasteiger partial charge in [0.2, 0.25) is 0 Å². The van der Waals surface area contributed by atoms with E-state index >= 15 is 0 Å². The summed E-state index contributed by atoms with van der Waals surface area (Å²) >= 11 is 8.07. The van der Waals surface area contributed by atoms with Gasteiger partial charge in [-0.3, -0.25) is 4.79 Å². The van der Waals surface area contributed by atoms with E-state index in [4.69, 9.17) is 17.3 Å². The molecule has 114 valence electrons. The number of aromatic amines is 1. The van der Waals surface area contributed by atoms with Crippen LogP contribution >= 0.6 is 34.2 Å². The third kappa shape index (κ3) is 2.79. The van der Waals surface area contributed by atoms with Crippen molar-refractivity contribution < 1.29 is 19.8 Å². The molecule has 0 saturated heterocycles. The van der Waals surface area contributed by atoms with Crippen molar-refractivity contribution in [2.75, 3.05) is 5.73 Å². The summed E-state index contributed by atoms with van der Waals surface area (Å²) < 4.78 is 0.762. The zero-order valence-corrected chi connectivity index (χ0v) is 13.6. The fourth-order valence-electron chi connectivity index (χ4n) is 2.01. The lowest BCUT2D eigenvalue weighted by Crippen LogP contribution is -2.24. The number of rotatable bonds is 3. The van der Waals surface area contributed by atoms with Gasteiger partial charge in [-0.25, -0.2) is 9.59 Å². The molecule has 22 heavy (non-hydrogen) atoms. The van der Waals surface area contributed by atoms with Gasteiger partial charge in [-0.15, -0.1) is 0 Å². The van der Waals surface area contributed by atoms with Crippen LogP contribution in [0.1, 0.15) is 20.7 Å². The van der Waals surface area contributed by atoms with E-state index in [2.05, 4.69) is 0 Å². The van der Waals surface area contributed by atoms with Crippen LogP contribution in [-0.2, 0) is 0 Å². The minimum atomic E-state index is -1.58. The number of H-pyrrole nitrogens is 1. The average Bonchev–Trinajstić information content (AvgIpc) is 2.36. The number of hydrogen-bond donors (Lipinski definition) is 4. The highest BCUT2D eigenvalue weighted by molar-refractivity contribution is 14.1. The number of carboxylic acids is 2. The van der Waals surface area contributed by atoms with Crippen LogP contribution in [0.2, 0.25) is 5.02 Å². The topological polar surface area (TPSA) is 133 Å². The van der Waals surface area contributed by atoms with E-state index in [-0.39, 0.29) is 16.1 Å². The van der Waals surface area contributed by atoms with Gasteiger partial charge in [0.15, 0.2) is 0 Å². The normalized spacial score (nSPS) is 10.5. The summed E-state index contributed by atoms with van der Waals surface area (Å²) in [5.41, 5.74) is 3.08. The van der Waals surface area contributed by atoms with Crippen LogP contribution in [0, 0.1) is 3.57 Å². The van der Waals surface area contributed by atoms with E-state index in [1.165, 1.54) is 12.1 Å². The van der Waals surface area contributed by atoms with Gasteiger partial charge in [0.1, 0.15) is 16.9 Å². The summed E-state index contributed by atoms with van der Waals surface area (Å²) in [5, 5.41) is 18.7. The van der Waals surface area contributed by atoms with Gasteiger partial charge in [-0.1, -0.05) is 17.7 Å². The maximum absolute atomic E-state index is 11.9. The minimum Gasteiger partial charge on any atom is -0.478 e. The first-order chi connectivity index (χ1) is 10.2. The molecule has 0 radical (unpaired) electrons. The van der Waals surface area contributed by atoms with Crippen molar-refractivity contribution in [3.05, 3.63) is 48.3 Å². The van der Waals surface area contributed by atoms with Gasteiger partial charge >= 0.3 is 11.9 Å². The van der Waals surface area contributed by atoms with Crippen LogP contribution in [0.3, 0.4) is 0 Å². The number of carboxylic acid groups (broad SMARTS) is 2. The number of nitrogen functional groups attached to an aromatic ring is 1. The molecule has 0 atom stereocenters. The molecule has 0 unspecified atom stereocenters. The quantitative estimate of drug-likeness (QED) is 0.548. The molecular formula is C13H8ClIN2O5. The molecule has 0 amide bonds. The number of aromatic nitrogens is 1. The average molecular weight is 435 g/mol. The second-order valence-electron chi connectivity index (χ2n) is 4.23. The van der Waals surface area contributed by atoms with Crippen LogP contribution in [0.15, 0.2) is 23.0 Å². The highest BCUT2D eigenvalue weighted by Crippen LogP contribution is 2.34. The number of pyridine rings is 1. The number of anilines is 1. The van der Waals surface area contributed by atoms with Crippen molar-refractivity contribution in [3.8, 4) is 11.1 Å². The van der Waals surface area contributed by atoms with Crippen molar-refractivity contribution in [2.45, 2.75) is 0 Å². The fraction of sp³-hybridized carbons (Fsp3) is 0. The molecule has 2 aromatic rings. The first-order valence-electron chi connectivity index (χ1n) is 5.71. The highest BCUT2D eigenvalue weighted by atomic mass is 127. The van der Waals surface area contributed by atoms with Crippen molar-refractivity contribution >= 4 is 51.9 Å². The minimum absolute atomic E-state index is 0.106. The lowest BCUT2D eigenvalue weighted by atomic mass is 9.95. The number of nitrogens with one attached hydrogen (secondary N) is 1. The molecule has 0 fully saturated rings. The van der Waals surface area contributed by atoms with Crippen LogP contribution < -0.4 is 11.3 Å². The molecule has 7 nitrogen and oxygen atoms in total. The summed E-state index contributed by atoms with van der Waals surface area (Å²) in [5.74, 6) is -3.48. The lowest BCUT2D eigenvalue weighted by molar-refractivity contribution is 0.0695. The standard InChI is InChI=1S/C13H8ClIN2O5/c14-6-3-4(15)1-2-5(6)7-8(12(19)20)10(16)17-11(18)9(7)13(21)22/h1-3H,(H,19,20)(H,21,22)(H3,16,17,18). The largest absolute Gasteiger partial charge is 0.478 e. The van der Waals surface area contributed by atoms with E-state index in [0.717, 1.165) is 3.57 Å². The Bertz CT molecular complexity index is 862. The Hall–Kier alpha value is -2.07. The number of carbonyl (C=O) groups is 2. The van der Waals surface area contributed by atoms with Gasteiger partial charge < -0.3 is 20.9 Å². The number of benzene rings is 1. The smallest absolute Gasteiger partial charge is 0.342 e. The van der Waals surface area contributed by atoms with Crippen LogP contribution in [0.5, 0.6) is 0 Å². The van der Waals surface area contributed by atoms with Gasteiger partial charge in [0, 0.05) is 19.7 Å². The van der Waals surface area contributed by atoms with Crippen molar-refractivity contribution in [1.82, 2.24) is 4.98 Å². The van der Waals surface area contributed by atoms with E-state index in [1.54, 1.807) is 6.07 Å². The molecule has 0 bridgehead atoms. The third-order valence-corrected chi connectivity index (χ3v) is 3.86. The molecule has 5 N–H and O–H groups in total. The molecule has 0 aliphatic heterocycles. The Morgan fingerprint density at radius 2 is 1.77 bits per heavy atom. The van der Waals surface area contributed by atoms with E-state index in [0.29, 0.717) is 0 Å². The Morgan fingerprint density at radius 1 is 1.18 bits per heavy atom. The highest BCUT2D eigenvalue weighted by Gasteiger charge is 2.27. The van der Waals surface area contributed by atoms with Gasteiger partial charge in [-0.2, -0.15) is 0 Å². The number of halogens is 2. The van der Waals surface area contributed by atoms with Gasteiger partial charge in [-0.05, 0) is 34.7 Å². The first-order valence-corrected chi connectivity index (χ1v) is 7.17. The molecular weight excluding hydrogens is 427 g/mol. The predicted octanol–water partition coefficient (Wildman–Crippen LogP) is 2.28. The van der Waals surface area contributed by atoms with Crippen molar-refractivity contribution in [3.63, 3.8) is 0 Å². The molecule has 0 aliphatic carbocycles. The van der Waals surface area contributed by atoms with Crippen molar-refractivity contribution in [2.24, 2.45) is 0 Å². The zero-order chi connectivity index (χ0) is 16.6. The second-order valence-corrected chi connectivity index (χ2v) is 5.88. The molecule has 0 aliphatic rings. The Balaban J connectivity index is 3.02. The summed E-state index contributed by atoms with van der Waals surface area (Å²) in [6.45, 7) is 0. The maximum atomic E-state index is 11.9. The Morgan fingerprint density at radius 3 is 2.27 bits per heavy atom. The van der Waals surface area contributed by atoms with E-state index in [9.17, 15) is 24.6 Å². The van der Waals surface area contributed by atoms with Crippen LogP contribution in [0.4, 0.5) is 5.82 Å². The number of nitrogens with two attached hydrogens (primary N) is 1. The molecule has 0 saturated carbocycles. The molecule has 0 spiro atoms. The number of hydrogen-bond acceptors (Lipinski definition) is 4. The summed E-state index contributed by atoms with van der Waals surface area (Å²) in [6.07, 6.45) is 0.